The van der Waals surface area contributed by atoms with Crippen molar-refractivity contribution in [2.45, 2.75) is 26.7 Å². The molecular weight excluding hydrogens is 450 g/mol. The van der Waals surface area contributed by atoms with E-state index in [2.05, 4.69) is 26.0 Å². The molecule has 1 aromatic heterocycles. The number of carbonyl (C=O) groups is 1. The minimum Gasteiger partial charge on any atom is -0.497 e. The normalized spacial score (nSPS) is 14.3. The number of methoxy groups -OCH3 is 2. The quantitative estimate of drug-likeness (QED) is 0.335. The van der Waals surface area contributed by atoms with Crippen LogP contribution < -0.4 is 15.0 Å². The molecule has 4 aromatic rings. The molecule has 0 fully saturated rings. The molecule has 0 saturated carbocycles. The first-order valence-electron chi connectivity index (χ1n) is 12.0. The summed E-state index contributed by atoms with van der Waals surface area (Å²) < 4.78 is 12.7. The zero-order valence-corrected chi connectivity index (χ0v) is 21.0. The molecule has 36 heavy (non-hydrogen) atoms. The van der Waals surface area contributed by atoms with E-state index in [1.54, 1.807) is 43.1 Å². The van der Waals surface area contributed by atoms with Gasteiger partial charge in [-0.05, 0) is 46.7 Å². The summed E-state index contributed by atoms with van der Waals surface area (Å²) >= 11 is 0. The number of nitrogens with zero attached hydrogens (tertiary/aromatic N) is 1. The van der Waals surface area contributed by atoms with E-state index < -0.39 is 0 Å². The maximum absolute atomic E-state index is 14.1. The molecule has 3 aromatic carbocycles. The molecule has 5 rings (SSSR count). The third-order valence-corrected chi connectivity index (χ3v) is 6.82. The van der Waals surface area contributed by atoms with Crippen LogP contribution in [0.15, 0.2) is 83.7 Å². The second kappa shape index (κ2) is 9.15. The average molecular weight is 480 g/mol. The topological polar surface area (TPSA) is 57.5 Å². The van der Waals surface area contributed by atoms with Gasteiger partial charge in [0.15, 0.2) is 5.78 Å². The van der Waals surface area contributed by atoms with Crippen molar-refractivity contribution in [3.8, 4) is 39.4 Å². The van der Waals surface area contributed by atoms with E-state index in [0.29, 0.717) is 46.8 Å². The van der Waals surface area contributed by atoms with Gasteiger partial charge in [0.25, 0.3) is 5.56 Å². The van der Waals surface area contributed by atoms with Crippen LogP contribution in [0.25, 0.3) is 27.9 Å². The zero-order chi connectivity index (χ0) is 25.4. The van der Waals surface area contributed by atoms with Crippen molar-refractivity contribution < 1.29 is 14.3 Å². The number of aromatic nitrogens is 1. The first kappa shape index (κ1) is 23.6. The summed E-state index contributed by atoms with van der Waals surface area (Å²) in [5.41, 5.74) is 4.80. The smallest absolute Gasteiger partial charge is 0.263 e. The Balaban J connectivity index is 1.75. The number of pyridine rings is 1. The Morgan fingerprint density at radius 1 is 0.722 bits per heavy atom. The highest BCUT2D eigenvalue weighted by molar-refractivity contribution is 6.00. The third-order valence-electron chi connectivity index (χ3n) is 6.82. The Hall–Kier alpha value is -4.12. The van der Waals surface area contributed by atoms with Gasteiger partial charge in [-0.15, -0.1) is 0 Å². The van der Waals surface area contributed by atoms with E-state index in [1.165, 1.54) is 0 Å². The number of fused-ring (bicyclic) bond motifs is 1. The number of Topliss-reactive ketones (excluding diaryl/α,β-unsaturated/α-hetero) is 1. The van der Waals surface area contributed by atoms with Crippen molar-refractivity contribution in [3.63, 3.8) is 0 Å². The van der Waals surface area contributed by atoms with Crippen LogP contribution in [-0.2, 0) is 6.42 Å². The van der Waals surface area contributed by atoms with Crippen LogP contribution in [0.2, 0.25) is 0 Å². The van der Waals surface area contributed by atoms with E-state index in [4.69, 9.17) is 9.47 Å². The molecular formula is C31H29NO4. The van der Waals surface area contributed by atoms with Crippen LogP contribution in [0.3, 0.4) is 0 Å². The lowest BCUT2D eigenvalue weighted by molar-refractivity contribution is 0.0909. The van der Waals surface area contributed by atoms with Gasteiger partial charge < -0.3 is 9.47 Å². The average Bonchev–Trinajstić information content (AvgIpc) is 2.88. The molecule has 0 spiro atoms. The van der Waals surface area contributed by atoms with Gasteiger partial charge in [0.2, 0.25) is 0 Å². The van der Waals surface area contributed by atoms with E-state index >= 15 is 0 Å². The lowest BCUT2D eigenvalue weighted by Gasteiger charge is -2.32. The first-order valence-corrected chi connectivity index (χ1v) is 12.0. The summed E-state index contributed by atoms with van der Waals surface area (Å²) in [7, 11) is 3.16. The molecule has 1 aliphatic carbocycles. The number of ketones is 1. The molecule has 1 aliphatic rings. The fraction of sp³-hybridized carbons (Fsp3) is 0.226. The van der Waals surface area contributed by atoms with Crippen LogP contribution in [0.1, 0.15) is 36.3 Å². The summed E-state index contributed by atoms with van der Waals surface area (Å²) in [6, 6.07) is 25.1. The molecule has 0 atom stereocenters. The summed E-state index contributed by atoms with van der Waals surface area (Å²) in [5, 5.41) is 0. The number of hydrogen-bond donors (Lipinski definition) is 0. The van der Waals surface area contributed by atoms with Crippen LogP contribution in [0.4, 0.5) is 0 Å². The minimum atomic E-state index is -0.261. The summed E-state index contributed by atoms with van der Waals surface area (Å²) in [5.74, 6) is 1.18. The van der Waals surface area contributed by atoms with E-state index in [0.717, 1.165) is 16.7 Å². The van der Waals surface area contributed by atoms with E-state index in [1.807, 2.05) is 42.5 Å². The maximum atomic E-state index is 14.1. The lowest BCUT2D eigenvalue weighted by atomic mass is 9.75. The number of benzene rings is 3. The van der Waals surface area contributed by atoms with E-state index in [-0.39, 0.29) is 16.8 Å². The fourth-order valence-electron chi connectivity index (χ4n) is 5.02. The Morgan fingerprint density at radius 2 is 1.39 bits per heavy atom. The minimum absolute atomic E-state index is 0.0408. The van der Waals surface area contributed by atoms with E-state index in [9.17, 15) is 9.59 Å². The van der Waals surface area contributed by atoms with Gasteiger partial charge in [0.1, 0.15) is 11.5 Å². The number of ether oxygens (including phenoxy) is 2. The molecule has 0 aliphatic heterocycles. The van der Waals surface area contributed by atoms with Crippen LogP contribution in [-0.4, -0.2) is 24.6 Å². The zero-order valence-electron chi connectivity index (χ0n) is 21.0. The van der Waals surface area contributed by atoms with Gasteiger partial charge >= 0.3 is 0 Å². The number of carbonyl (C=O) groups excluding carboxylic acids is 1. The van der Waals surface area contributed by atoms with Crippen LogP contribution in [0, 0.1) is 5.41 Å². The molecule has 1 heterocycles. The second-order valence-corrected chi connectivity index (χ2v) is 9.98. The van der Waals surface area contributed by atoms with Gasteiger partial charge in [-0.2, -0.15) is 0 Å². The molecule has 5 nitrogen and oxygen atoms in total. The number of hydrogen-bond acceptors (Lipinski definition) is 4. The third kappa shape index (κ3) is 4.22. The molecule has 5 heteroatoms. The highest BCUT2D eigenvalue weighted by Crippen LogP contribution is 2.38. The van der Waals surface area contributed by atoms with Crippen molar-refractivity contribution in [2.24, 2.45) is 5.41 Å². The molecule has 0 N–H and O–H groups in total. The SMILES string of the molecule is COc1ccc(OC)c(-n2c3c(cc(-c4ccc(-c5ccccc5)cc4)c2=O)C(=O)CC(C)(C)C3)c1. The van der Waals surface area contributed by atoms with Gasteiger partial charge in [0.05, 0.1) is 19.9 Å². The van der Waals surface area contributed by atoms with Crippen molar-refractivity contribution in [1.82, 2.24) is 4.57 Å². The molecule has 182 valence electrons. The largest absolute Gasteiger partial charge is 0.497 e. The monoisotopic (exact) mass is 479 g/mol. The van der Waals surface area contributed by atoms with Gasteiger partial charge in [-0.3, -0.25) is 14.2 Å². The van der Waals surface area contributed by atoms with Crippen molar-refractivity contribution >= 4 is 5.78 Å². The molecule has 0 amide bonds. The van der Waals surface area contributed by atoms with Crippen LogP contribution >= 0.6 is 0 Å². The Labute approximate surface area is 210 Å². The molecule has 0 radical (unpaired) electrons. The second-order valence-electron chi connectivity index (χ2n) is 9.98. The highest BCUT2D eigenvalue weighted by atomic mass is 16.5. The Morgan fingerprint density at radius 3 is 2.06 bits per heavy atom. The molecule has 0 saturated heterocycles. The standard InChI is InChI=1S/C31H29NO4/c1-31(2)18-27-25(28(33)19-31)17-24(22-12-10-21(11-13-22)20-8-6-5-7-9-20)30(34)32(27)26-16-23(35-3)14-15-29(26)36-4/h5-17H,18-19H2,1-4H3. The summed E-state index contributed by atoms with van der Waals surface area (Å²) in [6.45, 7) is 4.11. The fourth-order valence-corrected chi connectivity index (χ4v) is 5.02. The van der Waals surface area contributed by atoms with Crippen molar-refractivity contribution in [3.05, 3.63) is 100 Å². The lowest BCUT2D eigenvalue weighted by Crippen LogP contribution is -2.35. The predicted molar refractivity (Wildman–Crippen MR) is 142 cm³/mol. The Bertz CT molecular complexity index is 1500. The van der Waals surface area contributed by atoms with Gasteiger partial charge in [-0.25, -0.2) is 0 Å². The van der Waals surface area contributed by atoms with Gasteiger partial charge in [0, 0.05) is 29.3 Å². The van der Waals surface area contributed by atoms with Gasteiger partial charge in [-0.1, -0.05) is 68.4 Å². The number of rotatable bonds is 5. The Kier molecular flexibility index (Phi) is 6.00. The maximum Gasteiger partial charge on any atom is 0.263 e. The predicted octanol–water partition coefficient (Wildman–Crippen LogP) is 6.34. The van der Waals surface area contributed by atoms with Crippen LogP contribution in [0.5, 0.6) is 11.5 Å². The summed E-state index contributed by atoms with van der Waals surface area (Å²) in [6.07, 6.45) is 1.02. The molecule has 0 bridgehead atoms. The molecule has 0 unspecified atom stereocenters. The van der Waals surface area contributed by atoms with Crippen molar-refractivity contribution in [2.75, 3.05) is 14.2 Å². The highest BCUT2D eigenvalue weighted by Gasteiger charge is 2.35. The van der Waals surface area contributed by atoms with Crippen molar-refractivity contribution in [1.29, 1.82) is 0 Å². The first-order chi connectivity index (χ1) is 17.3. The summed E-state index contributed by atoms with van der Waals surface area (Å²) in [4.78, 5) is 27.5.